The Bertz CT molecular complexity index is 835. The van der Waals surface area contributed by atoms with Gasteiger partial charge in [0.2, 0.25) is 0 Å². The van der Waals surface area contributed by atoms with Crippen LogP contribution in [-0.4, -0.2) is 17.1 Å². The zero-order valence-corrected chi connectivity index (χ0v) is 13.0. The maximum absolute atomic E-state index is 12.6. The summed E-state index contributed by atoms with van der Waals surface area (Å²) < 4.78 is 0. The van der Waals surface area contributed by atoms with E-state index in [1.165, 1.54) is 5.56 Å². The molecule has 0 saturated carbocycles. The topological polar surface area (TPSA) is 48.1 Å². The number of carbonyl (C=O) groups is 1. The van der Waals surface area contributed by atoms with Gasteiger partial charge in [0.05, 0.1) is 6.54 Å². The van der Waals surface area contributed by atoms with Gasteiger partial charge in [-0.15, -0.1) is 0 Å². The molecule has 1 atom stereocenters. The van der Waals surface area contributed by atoms with Crippen LogP contribution in [0, 0.1) is 0 Å². The van der Waals surface area contributed by atoms with Gasteiger partial charge in [-0.3, -0.25) is 4.90 Å². The lowest BCUT2D eigenvalue weighted by Crippen LogP contribution is -2.43. The number of H-pyrrole nitrogens is 1. The number of urea groups is 1. The molecule has 2 N–H and O–H groups in total. The van der Waals surface area contributed by atoms with Crippen LogP contribution in [0.2, 0.25) is 0 Å². The molecule has 23 heavy (non-hydrogen) atoms. The Labute approximate surface area is 135 Å². The minimum atomic E-state index is -0.0406. The molecule has 2 amide bonds. The molecule has 0 bridgehead atoms. The first-order chi connectivity index (χ1) is 11.2. The summed E-state index contributed by atoms with van der Waals surface area (Å²) in [7, 11) is 0. The van der Waals surface area contributed by atoms with E-state index >= 15 is 0 Å². The molecule has 1 aromatic heterocycles. The van der Waals surface area contributed by atoms with Crippen LogP contribution in [0.1, 0.15) is 18.2 Å². The number of rotatable bonds is 2. The number of nitrogens with zero attached hydrogens (tertiary/aromatic N) is 1. The second kappa shape index (κ2) is 5.47. The first kappa shape index (κ1) is 13.9. The Hall–Kier alpha value is -2.75. The highest BCUT2D eigenvalue weighted by atomic mass is 16.2. The Kier molecular flexibility index (Phi) is 3.30. The molecule has 1 aliphatic heterocycles. The van der Waals surface area contributed by atoms with Crippen LogP contribution in [0.25, 0.3) is 10.9 Å². The fourth-order valence-electron chi connectivity index (χ4n) is 3.36. The molecule has 4 rings (SSSR count). The van der Waals surface area contributed by atoms with Crippen molar-refractivity contribution in [1.29, 1.82) is 0 Å². The average molecular weight is 305 g/mol. The van der Waals surface area contributed by atoms with Crippen LogP contribution < -0.4 is 10.2 Å². The van der Waals surface area contributed by atoms with Crippen molar-refractivity contribution < 1.29 is 4.79 Å². The quantitative estimate of drug-likeness (QED) is 0.742. The van der Waals surface area contributed by atoms with E-state index in [-0.39, 0.29) is 12.1 Å². The molecule has 0 fully saturated rings. The smallest absolute Gasteiger partial charge is 0.322 e. The van der Waals surface area contributed by atoms with E-state index in [4.69, 9.17) is 0 Å². The minimum Gasteiger partial charge on any atom is -0.357 e. The van der Waals surface area contributed by atoms with Crippen molar-refractivity contribution in [2.75, 3.05) is 4.90 Å². The standard InChI is InChI=1S/C19H19N3O/c1-13-10-15-7-3-5-9-18(15)22(13)19(23)20-12-16-11-14-6-2-4-8-17(14)21-16/h2-9,11,13,21H,10,12H2,1H3,(H,20,23). The molecule has 116 valence electrons. The molecular formula is C19H19N3O. The van der Waals surface area contributed by atoms with Crippen molar-refractivity contribution in [3.63, 3.8) is 0 Å². The SMILES string of the molecule is CC1Cc2ccccc2N1C(=O)NCc1cc2ccccc2[nH]1. The van der Waals surface area contributed by atoms with E-state index in [0.717, 1.165) is 28.7 Å². The monoisotopic (exact) mass is 305 g/mol. The van der Waals surface area contributed by atoms with Crippen molar-refractivity contribution >= 4 is 22.6 Å². The first-order valence-corrected chi connectivity index (χ1v) is 7.94. The predicted octanol–water partition coefficient (Wildman–Crippen LogP) is 3.83. The predicted molar refractivity (Wildman–Crippen MR) is 92.6 cm³/mol. The fraction of sp³-hybridized carbons (Fsp3) is 0.211. The normalized spacial score (nSPS) is 16.6. The zero-order chi connectivity index (χ0) is 15.8. The van der Waals surface area contributed by atoms with Crippen LogP contribution >= 0.6 is 0 Å². The third kappa shape index (κ3) is 2.46. The third-order valence-electron chi connectivity index (χ3n) is 4.44. The third-order valence-corrected chi connectivity index (χ3v) is 4.44. The number of aromatic nitrogens is 1. The van der Waals surface area contributed by atoms with Crippen LogP contribution in [-0.2, 0) is 13.0 Å². The lowest BCUT2D eigenvalue weighted by Gasteiger charge is -2.23. The van der Waals surface area contributed by atoms with Crippen molar-refractivity contribution in [3.05, 3.63) is 65.9 Å². The van der Waals surface area contributed by atoms with E-state index in [1.807, 2.05) is 41.3 Å². The number of benzene rings is 2. The molecule has 1 aliphatic rings. The van der Waals surface area contributed by atoms with Gasteiger partial charge >= 0.3 is 6.03 Å². The van der Waals surface area contributed by atoms with Gasteiger partial charge in [-0.2, -0.15) is 0 Å². The summed E-state index contributed by atoms with van der Waals surface area (Å²) in [5.74, 6) is 0. The molecule has 0 saturated heterocycles. The lowest BCUT2D eigenvalue weighted by atomic mass is 10.1. The Balaban J connectivity index is 1.50. The van der Waals surface area contributed by atoms with E-state index in [9.17, 15) is 4.79 Å². The van der Waals surface area contributed by atoms with Gasteiger partial charge in [0, 0.05) is 22.9 Å². The highest BCUT2D eigenvalue weighted by Crippen LogP contribution is 2.31. The van der Waals surface area contributed by atoms with E-state index in [1.54, 1.807) is 0 Å². The second-order valence-corrected chi connectivity index (χ2v) is 6.09. The van der Waals surface area contributed by atoms with Gasteiger partial charge in [-0.05, 0) is 42.5 Å². The zero-order valence-electron chi connectivity index (χ0n) is 13.0. The molecule has 1 unspecified atom stereocenters. The Morgan fingerprint density at radius 2 is 2.00 bits per heavy atom. The number of aromatic amines is 1. The van der Waals surface area contributed by atoms with Crippen molar-refractivity contribution in [2.45, 2.75) is 25.9 Å². The number of amides is 2. The summed E-state index contributed by atoms with van der Waals surface area (Å²) in [6.07, 6.45) is 0.913. The summed E-state index contributed by atoms with van der Waals surface area (Å²) in [5.41, 5.74) is 4.37. The summed E-state index contributed by atoms with van der Waals surface area (Å²) in [4.78, 5) is 17.8. The number of carbonyl (C=O) groups excluding carboxylic acids is 1. The fourth-order valence-corrected chi connectivity index (χ4v) is 3.36. The summed E-state index contributed by atoms with van der Waals surface area (Å²) >= 11 is 0. The number of hydrogen-bond donors (Lipinski definition) is 2. The number of anilines is 1. The van der Waals surface area contributed by atoms with Gasteiger partial charge < -0.3 is 10.3 Å². The molecule has 2 heterocycles. The summed E-state index contributed by atoms with van der Waals surface area (Å²) in [6, 6.07) is 18.5. The van der Waals surface area contributed by atoms with Gasteiger partial charge in [-0.25, -0.2) is 4.79 Å². The van der Waals surface area contributed by atoms with Gasteiger partial charge in [0.1, 0.15) is 0 Å². The molecule has 2 aromatic carbocycles. The number of nitrogens with one attached hydrogen (secondary N) is 2. The molecule has 0 radical (unpaired) electrons. The van der Waals surface area contributed by atoms with Crippen LogP contribution in [0.4, 0.5) is 10.5 Å². The van der Waals surface area contributed by atoms with E-state index < -0.39 is 0 Å². The van der Waals surface area contributed by atoms with Crippen LogP contribution in [0.3, 0.4) is 0 Å². The first-order valence-electron chi connectivity index (χ1n) is 7.94. The maximum Gasteiger partial charge on any atom is 0.322 e. The van der Waals surface area contributed by atoms with Gasteiger partial charge in [-0.1, -0.05) is 36.4 Å². The molecule has 4 nitrogen and oxygen atoms in total. The molecule has 3 aromatic rings. The number of para-hydroxylation sites is 2. The van der Waals surface area contributed by atoms with Crippen molar-refractivity contribution in [3.8, 4) is 0 Å². The largest absolute Gasteiger partial charge is 0.357 e. The molecule has 0 aliphatic carbocycles. The average Bonchev–Trinajstić information content (AvgIpc) is 3.12. The highest BCUT2D eigenvalue weighted by molar-refractivity contribution is 5.95. The van der Waals surface area contributed by atoms with Crippen LogP contribution in [0.15, 0.2) is 54.6 Å². The van der Waals surface area contributed by atoms with Crippen LogP contribution in [0.5, 0.6) is 0 Å². The van der Waals surface area contributed by atoms with Crippen molar-refractivity contribution in [2.24, 2.45) is 0 Å². The Morgan fingerprint density at radius 1 is 1.22 bits per heavy atom. The van der Waals surface area contributed by atoms with E-state index in [2.05, 4.69) is 35.4 Å². The Morgan fingerprint density at radius 3 is 2.87 bits per heavy atom. The van der Waals surface area contributed by atoms with Crippen molar-refractivity contribution in [1.82, 2.24) is 10.3 Å². The number of fused-ring (bicyclic) bond motifs is 2. The molecule has 0 spiro atoms. The highest BCUT2D eigenvalue weighted by Gasteiger charge is 2.30. The van der Waals surface area contributed by atoms with Gasteiger partial charge in [0.25, 0.3) is 0 Å². The van der Waals surface area contributed by atoms with E-state index in [0.29, 0.717) is 6.54 Å². The van der Waals surface area contributed by atoms with Gasteiger partial charge in [0.15, 0.2) is 0 Å². The molecule has 4 heteroatoms. The summed E-state index contributed by atoms with van der Waals surface area (Å²) in [5, 5.41) is 4.19. The summed E-state index contributed by atoms with van der Waals surface area (Å²) in [6.45, 7) is 2.58. The maximum atomic E-state index is 12.6. The molecular weight excluding hydrogens is 286 g/mol. The number of hydrogen-bond acceptors (Lipinski definition) is 1. The minimum absolute atomic E-state index is 0.0406. The second-order valence-electron chi connectivity index (χ2n) is 6.09. The lowest BCUT2D eigenvalue weighted by molar-refractivity contribution is 0.244.